The molecule has 0 radical (unpaired) electrons. The van der Waals surface area contributed by atoms with E-state index in [2.05, 4.69) is 59.6 Å². The number of nitrogens with zero attached hydrogens (tertiary/aromatic N) is 1. The van der Waals surface area contributed by atoms with Crippen molar-refractivity contribution in [3.63, 3.8) is 0 Å². The summed E-state index contributed by atoms with van der Waals surface area (Å²) >= 11 is 0. The van der Waals surface area contributed by atoms with Crippen LogP contribution in [0.2, 0.25) is 0 Å². The van der Waals surface area contributed by atoms with Crippen LogP contribution in [0.25, 0.3) is 17.3 Å². The summed E-state index contributed by atoms with van der Waals surface area (Å²) in [6.45, 7) is 0. The quantitative estimate of drug-likeness (QED) is 0.775. The van der Waals surface area contributed by atoms with Crippen molar-refractivity contribution < 1.29 is 0 Å². The fourth-order valence-corrected chi connectivity index (χ4v) is 2.12. The number of rotatable bonds is 3. The predicted molar refractivity (Wildman–Crippen MR) is 80.5 cm³/mol. The molecule has 0 saturated heterocycles. The van der Waals surface area contributed by atoms with Crippen molar-refractivity contribution in [2.45, 2.75) is 0 Å². The van der Waals surface area contributed by atoms with Crippen LogP contribution >= 0.6 is 0 Å². The van der Waals surface area contributed by atoms with E-state index in [0.29, 0.717) is 5.92 Å². The summed E-state index contributed by atoms with van der Waals surface area (Å²) in [4.78, 5) is 4.43. The van der Waals surface area contributed by atoms with Crippen molar-refractivity contribution in [3.8, 4) is 11.3 Å². The molecule has 0 amide bonds. The van der Waals surface area contributed by atoms with Gasteiger partial charge in [0.2, 0.25) is 0 Å². The van der Waals surface area contributed by atoms with Crippen LogP contribution in [0.3, 0.4) is 0 Å². The summed E-state index contributed by atoms with van der Waals surface area (Å²) in [7, 11) is 0. The lowest BCUT2D eigenvalue weighted by atomic mass is 10.1. The molecule has 2 aromatic rings. The summed E-state index contributed by atoms with van der Waals surface area (Å²) in [5, 5.41) is 0. The number of hydrogen-bond acceptors (Lipinski definition) is 1. The van der Waals surface area contributed by atoms with Crippen LogP contribution in [0.4, 0.5) is 0 Å². The molecule has 0 spiro atoms. The molecule has 19 heavy (non-hydrogen) atoms. The second-order valence-electron chi connectivity index (χ2n) is 4.55. The van der Waals surface area contributed by atoms with Crippen LogP contribution < -0.4 is 0 Å². The van der Waals surface area contributed by atoms with Crippen molar-refractivity contribution in [3.05, 3.63) is 84.6 Å². The van der Waals surface area contributed by atoms with E-state index in [1.165, 1.54) is 5.56 Å². The summed E-state index contributed by atoms with van der Waals surface area (Å²) in [6.07, 6.45) is 14.7. The highest BCUT2D eigenvalue weighted by Gasteiger charge is 2.00. The fourth-order valence-electron chi connectivity index (χ4n) is 2.12. The Hall–Kier alpha value is -2.41. The SMILES string of the molecule is C1=CC(/C=C/c2ccnc(-c3ccccc3)c2)C=C1. The maximum atomic E-state index is 4.43. The fraction of sp³-hybridized carbons (Fsp3) is 0.0556. The Balaban J connectivity index is 1.84. The first kappa shape index (κ1) is 11.7. The third kappa shape index (κ3) is 2.89. The van der Waals surface area contributed by atoms with Crippen LogP contribution in [-0.2, 0) is 0 Å². The second-order valence-corrected chi connectivity index (χ2v) is 4.55. The molecular weight excluding hydrogens is 230 g/mol. The van der Waals surface area contributed by atoms with Crippen molar-refractivity contribution in [1.29, 1.82) is 0 Å². The lowest BCUT2D eigenvalue weighted by Crippen LogP contribution is -1.85. The van der Waals surface area contributed by atoms with Crippen LogP contribution in [0.15, 0.2) is 79.0 Å². The minimum absolute atomic E-state index is 0.424. The molecule has 0 aliphatic heterocycles. The highest BCUT2D eigenvalue weighted by molar-refractivity contribution is 5.63. The smallest absolute Gasteiger partial charge is 0.0707 e. The van der Waals surface area contributed by atoms with Gasteiger partial charge in [-0.3, -0.25) is 4.98 Å². The molecule has 1 aromatic carbocycles. The van der Waals surface area contributed by atoms with E-state index in [1.807, 2.05) is 30.5 Å². The minimum Gasteiger partial charge on any atom is -0.256 e. The molecule has 1 nitrogen and oxygen atoms in total. The Morgan fingerprint density at radius 3 is 2.53 bits per heavy atom. The Morgan fingerprint density at radius 2 is 1.74 bits per heavy atom. The molecule has 3 rings (SSSR count). The lowest BCUT2D eigenvalue weighted by Gasteiger charge is -2.02. The van der Waals surface area contributed by atoms with Crippen molar-refractivity contribution in [2.24, 2.45) is 5.92 Å². The maximum Gasteiger partial charge on any atom is 0.0707 e. The number of hydrogen-bond donors (Lipinski definition) is 0. The van der Waals surface area contributed by atoms with Gasteiger partial charge in [0, 0.05) is 17.7 Å². The van der Waals surface area contributed by atoms with E-state index in [4.69, 9.17) is 0 Å². The third-order valence-electron chi connectivity index (χ3n) is 3.14. The highest BCUT2D eigenvalue weighted by atomic mass is 14.7. The van der Waals surface area contributed by atoms with Crippen LogP contribution in [0.5, 0.6) is 0 Å². The van der Waals surface area contributed by atoms with Crippen LogP contribution in [0.1, 0.15) is 5.56 Å². The van der Waals surface area contributed by atoms with E-state index >= 15 is 0 Å². The predicted octanol–water partition coefficient (Wildman–Crippen LogP) is 4.50. The van der Waals surface area contributed by atoms with E-state index in [0.717, 1.165) is 11.3 Å². The zero-order valence-corrected chi connectivity index (χ0v) is 10.6. The number of pyridine rings is 1. The number of benzene rings is 1. The van der Waals surface area contributed by atoms with Crippen molar-refractivity contribution >= 4 is 6.08 Å². The van der Waals surface area contributed by atoms with Crippen LogP contribution in [-0.4, -0.2) is 4.98 Å². The van der Waals surface area contributed by atoms with Crippen molar-refractivity contribution in [1.82, 2.24) is 4.98 Å². The van der Waals surface area contributed by atoms with E-state index < -0.39 is 0 Å². The monoisotopic (exact) mass is 245 g/mol. The van der Waals surface area contributed by atoms with Gasteiger partial charge in [0.1, 0.15) is 0 Å². The second kappa shape index (κ2) is 5.49. The molecule has 1 heterocycles. The Morgan fingerprint density at radius 1 is 0.947 bits per heavy atom. The standard InChI is InChI=1S/C18H15N/c1-2-8-17(9-3-1)18-14-16(12-13-19-18)11-10-15-6-4-5-7-15/h1-15H/b11-10+. The van der Waals surface area contributed by atoms with Gasteiger partial charge in [-0.2, -0.15) is 0 Å². The maximum absolute atomic E-state index is 4.43. The van der Waals surface area contributed by atoms with Gasteiger partial charge in [0.15, 0.2) is 0 Å². The summed E-state index contributed by atoms with van der Waals surface area (Å²) < 4.78 is 0. The molecule has 0 fully saturated rings. The molecule has 1 aliphatic rings. The minimum atomic E-state index is 0.424. The average Bonchev–Trinajstić information content (AvgIpc) is 3.00. The summed E-state index contributed by atoms with van der Waals surface area (Å²) in [5.74, 6) is 0.424. The van der Waals surface area contributed by atoms with Gasteiger partial charge in [0.25, 0.3) is 0 Å². The molecule has 1 aromatic heterocycles. The number of allylic oxidation sites excluding steroid dienone is 5. The normalized spacial score (nSPS) is 14.5. The van der Waals surface area contributed by atoms with E-state index in [-0.39, 0.29) is 0 Å². The Bertz CT molecular complexity index is 624. The Kier molecular flexibility index (Phi) is 3.37. The van der Waals surface area contributed by atoms with Gasteiger partial charge in [-0.05, 0) is 17.7 Å². The molecule has 0 N–H and O–H groups in total. The molecular formula is C18H15N. The number of aromatic nitrogens is 1. The first-order chi connectivity index (χ1) is 9.42. The summed E-state index contributed by atoms with van der Waals surface area (Å²) in [6, 6.07) is 14.4. The molecule has 1 heteroatoms. The topological polar surface area (TPSA) is 12.9 Å². The average molecular weight is 245 g/mol. The van der Waals surface area contributed by atoms with Gasteiger partial charge in [0.05, 0.1) is 5.69 Å². The molecule has 0 bridgehead atoms. The highest BCUT2D eigenvalue weighted by Crippen LogP contribution is 2.19. The van der Waals surface area contributed by atoms with Gasteiger partial charge in [-0.25, -0.2) is 0 Å². The molecule has 1 aliphatic carbocycles. The van der Waals surface area contributed by atoms with Crippen molar-refractivity contribution in [2.75, 3.05) is 0 Å². The van der Waals surface area contributed by atoms with E-state index in [1.54, 1.807) is 0 Å². The first-order valence-electron chi connectivity index (χ1n) is 6.46. The summed E-state index contributed by atoms with van der Waals surface area (Å²) in [5.41, 5.74) is 3.35. The first-order valence-corrected chi connectivity index (χ1v) is 6.46. The van der Waals surface area contributed by atoms with Gasteiger partial charge >= 0.3 is 0 Å². The molecule has 92 valence electrons. The van der Waals surface area contributed by atoms with Gasteiger partial charge in [-0.1, -0.05) is 66.8 Å². The van der Waals surface area contributed by atoms with Gasteiger partial charge < -0.3 is 0 Å². The van der Waals surface area contributed by atoms with Crippen LogP contribution in [0, 0.1) is 5.92 Å². The lowest BCUT2D eigenvalue weighted by molar-refractivity contribution is 1.10. The zero-order chi connectivity index (χ0) is 12.9. The zero-order valence-electron chi connectivity index (χ0n) is 10.6. The van der Waals surface area contributed by atoms with E-state index in [9.17, 15) is 0 Å². The molecule has 0 unspecified atom stereocenters. The van der Waals surface area contributed by atoms with Gasteiger partial charge in [-0.15, -0.1) is 0 Å². The molecule has 0 atom stereocenters. The largest absolute Gasteiger partial charge is 0.256 e. The third-order valence-corrected chi connectivity index (χ3v) is 3.14. The Labute approximate surface area is 113 Å². The molecule has 0 saturated carbocycles.